The van der Waals surface area contributed by atoms with Crippen molar-refractivity contribution >= 4 is 16.1 Å². The number of aliphatic hydroxyl groups excluding tert-OH is 1. The van der Waals surface area contributed by atoms with E-state index < -0.39 is 22.7 Å². The van der Waals surface area contributed by atoms with Gasteiger partial charge in [0.25, 0.3) is 0 Å². The molecule has 0 heterocycles. The van der Waals surface area contributed by atoms with Gasteiger partial charge in [0.2, 0.25) is 0 Å². The van der Waals surface area contributed by atoms with Crippen LogP contribution in [0.4, 0.5) is 0 Å². The Kier molecular flexibility index (Phi) is 2.60. The van der Waals surface area contributed by atoms with Gasteiger partial charge in [-0.1, -0.05) is 0 Å². The van der Waals surface area contributed by atoms with E-state index in [9.17, 15) is 13.2 Å². The first-order chi connectivity index (χ1) is 3.95. The molecule has 0 aliphatic rings. The molecule has 0 aromatic heterocycles. The van der Waals surface area contributed by atoms with Crippen molar-refractivity contribution in [2.75, 3.05) is 12.9 Å². The Morgan fingerprint density at radius 1 is 1.67 bits per heavy atom. The van der Waals surface area contributed by atoms with Gasteiger partial charge in [-0.3, -0.25) is 0 Å². The summed E-state index contributed by atoms with van der Waals surface area (Å²) in [5.41, 5.74) is 0. The van der Waals surface area contributed by atoms with E-state index in [2.05, 4.69) is 4.18 Å². The van der Waals surface area contributed by atoms with Gasteiger partial charge in [0.15, 0.2) is 0 Å². The number of carbonyl (C=O) groups excluding carboxylic acids is 1. The van der Waals surface area contributed by atoms with Crippen molar-refractivity contribution in [2.24, 2.45) is 0 Å². The second-order valence-corrected chi connectivity index (χ2v) is 2.89. The Balaban J connectivity index is 3.91. The van der Waals surface area contributed by atoms with E-state index in [1.165, 1.54) is 0 Å². The van der Waals surface area contributed by atoms with Crippen molar-refractivity contribution in [3.8, 4) is 0 Å². The minimum absolute atomic E-state index is 0.723. The zero-order valence-electron chi connectivity index (χ0n) is 4.70. The van der Waals surface area contributed by atoms with Crippen LogP contribution in [0.2, 0.25) is 0 Å². The smallest absolute Gasteiger partial charge is 0.347 e. The summed E-state index contributed by atoms with van der Waals surface area (Å²) in [4.78, 5) is 9.98. The van der Waals surface area contributed by atoms with Crippen molar-refractivity contribution in [3.05, 3.63) is 0 Å². The van der Waals surface area contributed by atoms with E-state index in [1.807, 2.05) is 0 Å². The Morgan fingerprint density at radius 3 is 2.22 bits per heavy atom. The van der Waals surface area contributed by atoms with Gasteiger partial charge in [0.05, 0.1) is 6.26 Å². The molecular weight excluding hydrogens is 148 g/mol. The molecule has 9 heavy (non-hydrogen) atoms. The molecule has 0 bridgehead atoms. The molecule has 0 saturated heterocycles. The van der Waals surface area contributed by atoms with Gasteiger partial charge in [-0.15, -0.1) is 0 Å². The molecule has 0 aromatic carbocycles. The van der Waals surface area contributed by atoms with Crippen molar-refractivity contribution < 1.29 is 22.5 Å². The van der Waals surface area contributed by atoms with E-state index in [-0.39, 0.29) is 0 Å². The van der Waals surface area contributed by atoms with Crippen LogP contribution in [-0.2, 0) is 19.1 Å². The highest BCUT2D eigenvalue weighted by Gasteiger charge is 2.07. The van der Waals surface area contributed by atoms with Gasteiger partial charge in [0.1, 0.15) is 6.61 Å². The number of hydrogen-bond donors (Lipinski definition) is 1. The summed E-state index contributed by atoms with van der Waals surface area (Å²) in [6, 6.07) is 0. The molecule has 0 atom stereocenters. The predicted molar refractivity (Wildman–Crippen MR) is 28.0 cm³/mol. The minimum atomic E-state index is -3.74. The van der Waals surface area contributed by atoms with Gasteiger partial charge in [-0.25, -0.2) is 4.79 Å². The zero-order valence-corrected chi connectivity index (χ0v) is 5.51. The van der Waals surface area contributed by atoms with E-state index in [1.54, 1.807) is 0 Å². The molecule has 0 radical (unpaired) electrons. The Labute approximate surface area is 52.4 Å². The first kappa shape index (κ1) is 8.38. The van der Waals surface area contributed by atoms with Gasteiger partial charge in [-0.05, 0) is 0 Å². The standard InChI is InChI=1S/C3H6O5S/c1-9(6,7)8-3(5)2-4/h4H,2H2,1H3. The second-order valence-electron chi connectivity index (χ2n) is 1.32. The molecular formula is C3H6O5S. The first-order valence-electron chi connectivity index (χ1n) is 1.99. The average Bonchev–Trinajstić information content (AvgIpc) is 1.62. The van der Waals surface area contributed by atoms with E-state index >= 15 is 0 Å². The van der Waals surface area contributed by atoms with E-state index in [0.717, 1.165) is 6.26 Å². The fourth-order valence-corrected chi connectivity index (χ4v) is 0.586. The third-order valence-corrected chi connectivity index (χ3v) is 0.862. The van der Waals surface area contributed by atoms with Crippen LogP contribution in [0.3, 0.4) is 0 Å². The summed E-state index contributed by atoms with van der Waals surface area (Å²) in [6.45, 7) is -0.924. The van der Waals surface area contributed by atoms with E-state index in [4.69, 9.17) is 5.11 Å². The van der Waals surface area contributed by atoms with Crippen LogP contribution in [0.1, 0.15) is 0 Å². The lowest BCUT2D eigenvalue weighted by molar-refractivity contribution is -0.136. The van der Waals surface area contributed by atoms with Crippen molar-refractivity contribution in [2.45, 2.75) is 0 Å². The highest BCUT2D eigenvalue weighted by atomic mass is 32.2. The van der Waals surface area contributed by atoms with Crippen LogP contribution in [0, 0.1) is 0 Å². The molecule has 0 aliphatic heterocycles. The van der Waals surface area contributed by atoms with Crippen molar-refractivity contribution in [1.29, 1.82) is 0 Å². The molecule has 0 amide bonds. The SMILES string of the molecule is CS(=O)(=O)OC(=O)CO. The normalized spacial score (nSPS) is 10.9. The minimum Gasteiger partial charge on any atom is -0.385 e. The van der Waals surface area contributed by atoms with Crippen LogP contribution in [0.15, 0.2) is 0 Å². The van der Waals surface area contributed by atoms with Crippen molar-refractivity contribution in [1.82, 2.24) is 0 Å². The van der Waals surface area contributed by atoms with Crippen LogP contribution >= 0.6 is 0 Å². The van der Waals surface area contributed by atoms with Gasteiger partial charge >= 0.3 is 16.1 Å². The van der Waals surface area contributed by atoms with Crippen LogP contribution in [0.5, 0.6) is 0 Å². The summed E-state index contributed by atoms with van der Waals surface area (Å²) < 4.78 is 23.8. The van der Waals surface area contributed by atoms with Crippen molar-refractivity contribution in [3.63, 3.8) is 0 Å². The second kappa shape index (κ2) is 2.79. The van der Waals surface area contributed by atoms with Crippen LogP contribution < -0.4 is 0 Å². The average molecular weight is 154 g/mol. The molecule has 54 valence electrons. The summed E-state index contributed by atoms with van der Waals surface area (Å²) in [5, 5.41) is 7.96. The maximum Gasteiger partial charge on any atom is 0.347 e. The number of rotatable bonds is 2. The van der Waals surface area contributed by atoms with Crippen LogP contribution in [-0.4, -0.2) is 32.4 Å². The quantitative estimate of drug-likeness (QED) is 0.488. The Hall–Kier alpha value is -0.620. The lowest BCUT2D eigenvalue weighted by Gasteiger charge is -1.95. The molecule has 0 spiro atoms. The third kappa shape index (κ3) is 5.25. The molecule has 0 aliphatic carbocycles. The maximum absolute atomic E-state index is 10.0. The number of aliphatic hydroxyl groups is 1. The predicted octanol–water partition coefficient (Wildman–Crippen LogP) is -1.52. The summed E-state index contributed by atoms with van der Waals surface area (Å²) in [5.74, 6) is -1.17. The molecule has 0 rings (SSSR count). The molecule has 0 aromatic rings. The molecule has 5 nitrogen and oxygen atoms in total. The largest absolute Gasteiger partial charge is 0.385 e. The highest BCUT2D eigenvalue weighted by molar-refractivity contribution is 7.86. The van der Waals surface area contributed by atoms with Gasteiger partial charge < -0.3 is 9.29 Å². The van der Waals surface area contributed by atoms with Crippen LogP contribution in [0.25, 0.3) is 0 Å². The lowest BCUT2D eigenvalue weighted by atomic mass is 10.8. The zero-order chi connectivity index (χ0) is 7.49. The third-order valence-electron chi connectivity index (χ3n) is 0.373. The summed E-state index contributed by atoms with van der Waals surface area (Å²) >= 11 is 0. The molecule has 0 unspecified atom stereocenters. The number of hydrogen-bond acceptors (Lipinski definition) is 5. The monoisotopic (exact) mass is 154 g/mol. The van der Waals surface area contributed by atoms with Gasteiger partial charge in [-0.2, -0.15) is 8.42 Å². The Morgan fingerprint density at radius 2 is 2.11 bits per heavy atom. The lowest BCUT2D eigenvalue weighted by Crippen LogP contribution is -2.14. The fraction of sp³-hybridized carbons (Fsp3) is 0.667. The summed E-state index contributed by atoms with van der Waals surface area (Å²) in [7, 11) is -3.74. The first-order valence-corrected chi connectivity index (χ1v) is 3.80. The topological polar surface area (TPSA) is 80.7 Å². The fourth-order valence-electron chi connectivity index (χ4n) is 0.195. The van der Waals surface area contributed by atoms with E-state index in [0.29, 0.717) is 0 Å². The molecule has 0 saturated carbocycles. The Bertz CT molecular complexity index is 190. The highest BCUT2D eigenvalue weighted by Crippen LogP contribution is 1.85. The molecule has 6 heteroatoms. The molecule has 0 fully saturated rings. The molecule has 1 N–H and O–H groups in total. The summed E-state index contributed by atoms with van der Waals surface area (Å²) in [6.07, 6.45) is 0.723. The number of carbonyl (C=O) groups is 1. The maximum atomic E-state index is 10.0. The van der Waals surface area contributed by atoms with Gasteiger partial charge in [0, 0.05) is 0 Å².